The monoisotopic (exact) mass is 202 g/mol. The Bertz CT molecular complexity index is 211. The van der Waals surface area contributed by atoms with E-state index < -0.39 is 0 Å². The zero-order valence-corrected chi connectivity index (χ0v) is 8.33. The van der Waals surface area contributed by atoms with Gasteiger partial charge < -0.3 is 4.74 Å². The van der Waals surface area contributed by atoms with Crippen LogP contribution in [-0.2, 0) is 0 Å². The van der Waals surface area contributed by atoms with E-state index >= 15 is 0 Å². The topological polar surface area (TPSA) is 9.23 Å². The minimum absolute atomic E-state index is 0. The van der Waals surface area contributed by atoms with Crippen molar-refractivity contribution in [3.63, 3.8) is 0 Å². The second kappa shape index (κ2) is 9.57. The van der Waals surface area contributed by atoms with E-state index in [4.69, 9.17) is 4.74 Å². The Morgan fingerprint density at radius 2 is 1.71 bits per heavy atom. The Morgan fingerprint density at radius 1 is 1.00 bits per heavy atom. The van der Waals surface area contributed by atoms with Gasteiger partial charge >= 0.3 is 29.6 Å². The second-order valence-electron chi connectivity index (χ2n) is 3.22. The quantitative estimate of drug-likeness (QED) is 0.509. The van der Waals surface area contributed by atoms with Gasteiger partial charge in [0, 0.05) is 0 Å². The summed E-state index contributed by atoms with van der Waals surface area (Å²) >= 11 is 0. The molecule has 0 amide bonds. The normalized spacial score (nSPS) is 9.21. The molecule has 0 N–H and O–H groups in total. The van der Waals surface area contributed by atoms with Crippen molar-refractivity contribution < 1.29 is 4.74 Å². The molecule has 0 saturated carbocycles. The molecule has 1 rings (SSSR count). The molecule has 0 saturated heterocycles. The number of hydrogen-bond donors (Lipinski definition) is 0. The average molecular weight is 202 g/mol. The third-order valence-corrected chi connectivity index (χ3v) is 2.01. The van der Waals surface area contributed by atoms with Gasteiger partial charge in [-0.2, -0.15) is 0 Å². The molecule has 0 bridgehead atoms. The fourth-order valence-electron chi connectivity index (χ4n) is 1.24. The van der Waals surface area contributed by atoms with Crippen molar-refractivity contribution in [2.75, 3.05) is 6.61 Å². The van der Waals surface area contributed by atoms with E-state index in [0.29, 0.717) is 0 Å². The van der Waals surface area contributed by atoms with Crippen LogP contribution in [0.3, 0.4) is 0 Å². The van der Waals surface area contributed by atoms with E-state index in [1.165, 1.54) is 25.7 Å². The van der Waals surface area contributed by atoms with E-state index in [1.807, 2.05) is 30.3 Å². The molecule has 74 valence electrons. The van der Waals surface area contributed by atoms with Crippen molar-refractivity contribution in [3.8, 4) is 5.75 Å². The van der Waals surface area contributed by atoms with Gasteiger partial charge in [0.15, 0.2) is 0 Å². The van der Waals surface area contributed by atoms with Crippen LogP contribution in [0, 0.1) is 0 Å². The molecule has 0 spiro atoms. The van der Waals surface area contributed by atoms with Crippen LogP contribution in [0.25, 0.3) is 0 Å². The number of unbranched alkanes of at least 4 members (excludes halogenated alkanes) is 3. The summed E-state index contributed by atoms with van der Waals surface area (Å²) in [6, 6.07) is 10.0. The van der Waals surface area contributed by atoms with Gasteiger partial charge in [-0.1, -0.05) is 44.4 Å². The molecule has 0 aliphatic heterocycles. The van der Waals surface area contributed by atoms with Crippen molar-refractivity contribution in [1.29, 1.82) is 0 Å². The van der Waals surface area contributed by atoms with Crippen LogP contribution in [0.4, 0.5) is 0 Å². The van der Waals surface area contributed by atoms with Gasteiger partial charge in [0.1, 0.15) is 5.75 Å². The van der Waals surface area contributed by atoms with Crippen LogP contribution < -0.4 is 4.74 Å². The molecule has 2 heteroatoms. The molecule has 14 heavy (non-hydrogen) atoms. The Labute approximate surface area is 109 Å². The van der Waals surface area contributed by atoms with Crippen LogP contribution in [0.2, 0.25) is 0 Å². The van der Waals surface area contributed by atoms with Gasteiger partial charge in [-0.3, -0.25) is 0 Å². The molecule has 0 atom stereocenters. The van der Waals surface area contributed by atoms with E-state index in [-0.39, 0.29) is 29.6 Å². The van der Waals surface area contributed by atoms with Crippen molar-refractivity contribution in [2.45, 2.75) is 32.6 Å². The Morgan fingerprint density at radius 3 is 2.36 bits per heavy atom. The fourth-order valence-corrected chi connectivity index (χ4v) is 1.24. The summed E-state index contributed by atoms with van der Waals surface area (Å²) in [6.45, 7) is 3.07. The maximum absolute atomic E-state index is 5.55. The van der Waals surface area contributed by atoms with Gasteiger partial charge in [-0.25, -0.2) is 0 Å². The first-order valence-corrected chi connectivity index (χ1v) is 5.11. The zero-order valence-electron chi connectivity index (χ0n) is 8.33. The fraction of sp³-hybridized carbons (Fsp3) is 0.500. The van der Waals surface area contributed by atoms with E-state index in [1.54, 1.807) is 0 Å². The predicted molar refractivity (Wildman–Crippen MR) is 63.2 cm³/mol. The number of hydrogen-bond acceptors (Lipinski definition) is 1. The summed E-state index contributed by atoms with van der Waals surface area (Å²) in [5.41, 5.74) is 0. The molecular weight excluding hydrogens is 183 g/mol. The molecule has 0 aromatic heterocycles. The van der Waals surface area contributed by atoms with Crippen molar-refractivity contribution in [3.05, 3.63) is 30.3 Å². The van der Waals surface area contributed by atoms with Gasteiger partial charge in [0.25, 0.3) is 0 Å². The Balaban J connectivity index is 0.00000169. The van der Waals surface area contributed by atoms with Gasteiger partial charge in [-0.15, -0.1) is 0 Å². The summed E-state index contributed by atoms with van der Waals surface area (Å²) in [4.78, 5) is 0. The molecule has 0 aliphatic carbocycles. The molecule has 1 aromatic carbocycles. The minimum atomic E-state index is 0. The number of para-hydroxylation sites is 1. The number of ether oxygens (including phenoxy) is 1. The molecule has 0 unspecified atom stereocenters. The van der Waals surface area contributed by atoms with Crippen molar-refractivity contribution >= 4 is 29.6 Å². The zero-order chi connectivity index (χ0) is 9.36. The van der Waals surface area contributed by atoms with E-state index in [9.17, 15) is 0 Å². The average Bonchev–Trinajstić information content (AvgIpc) is 2.19. The summed E-state index contributed by atoms with van der Waals surface area (Å²) in [5, 5.41) is 0. The molecule has 1 nitrogen and oxygen atoms in total. The van der Waals surface area contributed by atoms with Gasteiger partial charge in [0.05, 0.1) is 6.61 Å². The molecule has 0 aliphatic rings. The van der Waals surface area contributed by atoms with Crippen LogP contribution in [0.15, 0.2) is 30.3 Å². The van der Waals surface area contributed by atoms with Gasteiger partial charge in [-0.05, 0) is 18.6 Å². The van der Waals surface area contributed by atoms with Crippen molar-refractivity contribution in [1.82, 2.24) is 0 Å². The molecule has 0 heterocycles. The molecule has 1 aromatic rings. The first kappa shape index (κ1) is 14.0. The second-order valence-corrected chi connectivity index (χ2v) is 3.22. The summed E-state index contributed by atoms with van der Waals surface area (Å²) in [7, 11) is 0. The summed E-state index contributed by atoms with van der Waals surface area (Å²) in [5.74, 6) is 0.985. The number of benzene rings is 1. The van der Waals surface area contributed by atoms with Gasteiger partial charge in [0.2, 0.25) is 0 Å². The van der Waals surface area contributed by atoms with Crippen LogP contribution in [0.5, 0.6) is 5.75 Å². The first-order chi connectivity index (χ1) is 6.43. The third kappa shape index (κ3) is 6.47. The standard InChI is InChI=1S/C12H18O.Na.H/c1-2-3-4-8-11-13-12-9-6-5-7-10-12;;/h5-7,9-10H,2-4,8,11H2,1H3;;. The van der Waals surface area contributed by atoms with Crippen LogP contribution in [-0.4, -0.2) is 36.2 Å². The SMILES string of the molecule is CCCCCCOc1ccccc1.[NaH]. The third-order valence-electron chi connectivity index (χ3n) is 2.01. The maximum atomic E-state index is 5.55. The predicted octanol–water partition coefficient (Wildman–Crippen LogP) is 3.00. The van der Waals surface area contributed by atoms with E-state index in [0.717, 1.165) is 12.4 Å². The van der Waals surface area contributed by atoms with Crippen LogP contribution >= 0.6 is 0 Å². The first-order valence-electron chi connectivity index (χ1n) is 5.11. The summed E-state index contributed by atoms with van der Waals surface area (Å²) < 4.78 is 5.55. The molecule has 0 radical (unpaired) electrons. The Kier molecular flexibility index (Phi) is 9.58. The Hall–Kier alpha value is 0.0200. The number of rotatable bonds is 6. The molecular formula is C12H19NaO. The van der Waals surface area contributed by atoms with E-state index in [2.05, 4.69) is 6.92 Å². The summed E-state index contributed by atoms with van der Waals surface area (Å²) in [6.07, 6.45) is 5.05. The molecule has 0 fully saturated rings. The van der Waals surface area contributed by atoms with Crippen LogP contribution in [0.1, 0.15) is 32.6 Å². The van der Waals surface area contributed by atoms with Crippen molar-refractivity contribution in [2.24, 2.45) is 0 Å².